The number of hydrogen-bond donors (Lipinski definition) is 1. The van der Waals surface area contributed by atoms with Crippen LogP contribution in [0, 0.1) is 0 Å². The lowest BCUT2D eigenvalue weighted by atomic mass is 9.95. The van der Waals surface area contributed by atoms with Crippen LogP contribution in [0.2, 0.25) is 0 Å². The molecule has 1 amide bonds. The monoisotopic (exact) mass is 430 g/mol. The summed E-state index contributed by atoms with van der Waals surface area (Å²) in [7, 11) is 1.41. The van der Waals surface area contributed by atoms with Gasteiger partial charge in [0.25, 0.3) is 12.3 Å². The topological polar surface area (TPSA) is 59.8 Å². The van der Waals surface area contributed by atoms with Crippen molar-refractivity contribution < 1.29 is 26.7 Å². The van der Waals surface area contributed by atoms with E-state index >= 15 is 0 Å². The van der Waals surface area contributed by atoms with Gasteiger partial charge in [-0.1, -0.05) is 6.07 Å². The third kappa shape index (κ3) is 4.78. The molecule has 29 heavy (non-hydrogen) atoms. The maximum absolute atomic E-state index is 13.3. The largest absolute Gasteiger partial charge is 0.416 e. The van der Waals surface area contributed by atoms with Gasteiger partial charge in [0.15, 0.2) is 0 Å². The van der Waals surface area contributed by atoms with Crippen LogP contribution in [0.3, 0.4) is 0 Å². The average Bonchev–Trinajstić information content (AvgIpc) is 3.30. The number of amides is 1. The van der Waals surface area contributed by atoms with Crippen molar-refractivity contribution in [2.24, 2.45) is 7.05 Å². The van der Waals surface area contributed by atoms with Gasteiger partial charge in [-0.15, -0.1) is 11.3 Å². The first-order chi connectivity index (χ1) is 13.7. The van der Waals surface area contributed by atoms with Crippen LogP contribution in [-0.4, -0.2) is 27.2 Å². The number of benzene rings is 1. The third-order valence-corrected chi connectivity index (χ3v) is 4.72. The zero-order chi connectivity index (χ0) is 21.2. The molecule has 5 nitrogen and oxygen atoms in total. The second-order valence-corrected chi connectivity index (χ2v) is 6.87. The molecule has 154 valence electrons. The maximum atomic E-state index is 13.3. The third-order valence-electron chi connectivity index (χ3n) is 4.14. The Labute approximate surface area is 166 Å². The summed E-state index contributed by atoms with van der Waals surface area (Å²) in [5.74, 6) is -0.422. The molecule has 0 saturated heterocycles. The highest BCUT2D eigenvalue weighted by Gasteiger charge is 2.32. The number of thiazole rings is 1. The Morgan fingerprint density at radius 2 is 2.03 bits per heavy atom. The normalized spacial score (nSPS) is 11.8. The number of alkyl halides is 5. The number of aryl methyl sites for hydroxylation is 1. The van der Waals surface area contributed by atoms with E-state index in [1.54, 1.807) is 5.38 Å². The second kappa shape index (κ2) is 8.27. The van der Waals surface area contributed by atoms with Crippen molar-refractivity contribution in [3.05, 3.63) is 57.8 Å². The van der Waals surface area contributed by atoms with E-state index in [9.17, 15) is 26.7 Å². The Morgan fingerprint density at radius 1 is 1.28 bits per heavy atom. The van der Waals surface area contributed by atoms with Crippen molar-refractivity contribution >= 4 is 17.2 Å². The molecule has 3 rings (SSSR count). The van der Waals surface area contributed by atoms with Gasteiger partial charge in [-0.2, -0.15) is 18.3 Å². The van der Waals surface area contributed by atoms with Crippen LogP contribution in [-0.2, 0) is 19.6 Å². The molecule has 0 aliphatic heterocycles. The number of nitrogens with zero attached hydrogens (tertiary/aromatic N) is 3. The van der Waals surface area contributed by atoms with E-state index in [-0.39, 0.29) is 29.8 Å². The minimum atomic E-state index is -4.63. The molecule has 0 atom stereocenters. The summed E-state index contributed by atoms with van der Waals surface area (Å²) in [6, 6.07) is 2.95. The first-order valence-corrected chi connectivity index (χ1v) is 9.29. The number of aromatic nitrogens is 3. The van der Waals surface area contributed by atoms with E-state index in [1.165, 1.54) is 36.2 Å². The fraction of sp³-hybridized carbons (Fsp3) is 0.278. The predicted molar refractivity (Wildman–Crippen MR) is 96.8 cm³/mol. The van der Waals surface area contributed by atoms with Gasteiger partial charge in [0, 0.05) is 30.7 Å². The van der Waals surface area contributed by atoms with Crippen LogP contribution in [0.25, 0.3) is 11.1 Å². The van der Waals surface area contributed by atoms with Crippen molar-refractivity contribution in [2.75, 3.05) is 6.54 Å². The lowest BCUT2D eigenvalue weighted by Crippen LogP contribution is -2.26. The van der Waals surface area contributed by atoms with Gasteiger partial charge in [0.1, 0.15) is 11.4 Å². The van der Waals surface area contributed by atoms with Crippen LogP contribution in [0.4, 0.5) is 22.0 Å². The molecule has 0 spiro atoms. The van der Waals surface area contributed by atoms with Gasteiger partial charge < -0.3 is 5.32 Å². The molecule has 0 fully saturated rings. The van der Waals surface area contributed by atoms with Gasteiger partial charge in [0.05, 0.1) is 11.1 Å². The van der Waals surface area contributed by atoms with Crippen molar-refractivity contribution in [1.29, 1.82) is 0 Å². The van der Waals surface area contributed by atoms with Crippen LogP contribution >= 0.6 is 11.3 Å². The molecule has 1 N–H and O–H groups in total. The van der Waals surface area contributed by atoms with Crippen molar-refractivity contribution in [3.63, 3.8) is 0 Å². The summed E-state index contributed by atoms with van der Waals surface area (Å²) in [6.45, 7) is 0.0962. The van der Waals surface area contributed by atoms with E-state index < -0.39 is 29.8 Å². The summed E-state index contributed by atoms with van der Waals surface area (Å²) in [5, 5.41) is 7.84. The molecular weight excluding hydrogens is 415 g/mol. The molecular formula is C18H15F5N4OS. The number of rotatable bonds is 6. The minimum Gasteiger partial charge on any atom is -0.350 e. The number of hydrogen-bond acceptors (Lipinski definition) is 4. The predicted octanol–water partition coefficient (Wildman–Crippen LogP) is 4.47. The van der Waals surface area contributed by atoms with E-state index in [2.05, 4.69) is 15.4 Å². The first-order valence-electron chi connectivity index (χ1n) is 8.35. The molecule has 0 aliphatic carbocycles. The molecule has 0 bridgehead atoms. The van der Waals surface area contributed by atoms with Crippen molar-refractivity contribution in [1.82, 2.24) is 20.1 Å². The molecule has 3 aromatic rings. The van der Waals surface area contributed by atoms with Crippen LogP contribution in [0.1, 0.15) is 33.7 Å². The van der Waals surface area contributed by atoms with Crippen LogP contribution < -0.4 is 5.32 Å². The fourth-order valence-corrected chi connectivity index (χ4v) is 3.35. The smallest absolute Gasteiger partial charge is 0.350 e. The molecule has 2 heterocycles. The summed E-state index contributed by atoms with van der Waals surface area (Å²) < 4.78 is 67.3. The average molecular weight is 430 g/mol. The molecule has 11 heteroatoms. The van der Waals surface area contributed by atoms with Gasteiger partial charge >= 0.3 is 6.18 Å². The van der Waals surface area contributed by atoms with E-state index in [4.69, 9.17) is 0 Å². The molecule has 0 saturated carbocycles. The van der Waals surface area contributed by atoms with Crippen molar-refractivity contribution in [3.8, 4) is 11.1 Å². The lowest BCUT2D eigenvalue weighted by molar-refractivity contribution is -0.137. The standard InChI is InChI=1S/C18H15F5N4OS/c1-27-7-13(15(26-27)16(19)20)12-6-11(18(21,22)23)3-2-10(12)4-5-24-17(28)14-8-29-9-25-14/h2-3,6-9,16H,4-5H2,1H3,(H,24,28). The Hall–Kier alpha value is -2.82. The summed E-state index contributed by atoms with van der Waals surface area (Å²) >= 11 is 1.25. The molecule has 0 radical (unpaired) electrons. The molecule has 2 aromatic heterocycles. The van der Waals surface area contributed by atoms with Gasteiger partial charge in [0.2, 0.25) is 0 Å². The highest BCUT2D eigenvalue weighted by Crippen LogP contribution is 2.37. The van der Waals surface area contributed by atoms with E-state index in [0.29, 0.717) is 5.56 Å². The highest BCUT2D eigenvalue weighted by molar-refractivity contribution is 7.07. The quantitative estimate of drug-likeness (QED) is 0.587. The zero-order valence-corrected chi connectivity index (χ0v) is 15.8. The molecule has 1 aromatic carbocycles. The van der Waals surface area contributed by atoms with Crippen molar-refractivity contribution in [2.45, 2.75) is 19.0 Å². The van der Waals surface area contributed by atoms with Gasteiger partial charge in [-0.05, 0) is 29.7 Å². The first kappa shape index (κ1) is 20.9. The zero-order valence-electron chi connectivity index (χ0n) is 15.0. The second-order valence-electron chi connectivity index (χ2n) is 6.15. The number of nitrogens with one attached hydrogen (secondary N) is 1. The van der Waals surface area contributed by atoms with E-state index in [1.807, 2.05) is 0 Å². The summed E-state index contributed by atoms with van der Waals surface area (Å²) in [5.41, 5.74) is 0.491. The van der Waals surface area contributed by atoms with Crippen LogP contribution in [0.15, 0.2) is 35.3 Å². The number of carbonyl (C=O) groups excluding carboxylic acids is 1. The Kier molecular flexibility index (Phi) is 5.96. The SMILES string of the molecule is Cn1cc(-c2cc(C(F)(F)F)ccc2CCNC(=O)c2cscn2)c(C(F)F)n1. The molecule has 0 unspecified atom stereocenters. The lowest BCUT2D eigenvalue weighted by Gasteiger charge is -2.14. The molecule has 0 aliphatic rings. The Morgan fingerprint density at radius 3 is 2.66 bits per heavy atom. The van der Waals surface area contributed by atoms with E-state index in [0.717, 1.165) is 16.8 Å². The van der Waals surface area contributed by atoms with Crippen LogP contribution in [0.5, 0.6) is 0 Å². The van der Waals surface area contributed by atoms with Gasteiger partial charge in [-0.25, -0.2) is 13.8 Å². The summed E-state index contributed by atoms with van der Waals surface area (Å²) in [4.78, 5) is 15.8. The Bertz CT molecular complexity index is 998. The number of carbonyl (C=O) groups is 1. The minimum absolute atomic E-state index is 0.00568. The number of halogens is 5. The Balaban J connectivity index is 1.91. The fourth-order valence-electron chi connectivity index (χ4n) is 2.82. The summed E-state index contributed by atoms with van der Waals surface area (Å²) in [6.07, 6.45) is -6.17. The van der Waals surface area contributed by atoms with Gasteiger partial charge in [-0.3, -0.25) is 9.48 Å². The highest BCUT2D eigenvalue weighted by atomic mass is 32.1. The maximum Gasteiger partial charge on any atom is 0.416 e.